The van der Waals surface area contributed by atoms with E-state index in [9.17, 15) is 4.79 Å². The van der Waals surface area contributed by atoms with Crippen LogP contribution in [0.3, 0.4) is 0 Å². The quantitative estimate of drug-likeness (QED) is 0.592. The Hall–Kier alpha value is -3.15. The number of methoxy groups -OCH3 is 1. The second-order valence-corrected chi connectivity index (χ2v) is 5.19. The average molecular weight is 342 g/mol. The van der Waals surface area contributed by atoms with Gasteiger partial charge in [0, 0.05) is 6.07 Å². The van der Waals surface area contributed by atoms with E-state index in [2.05, 4.69) is 0 Å². The van der Waals surface area contributed by atoms with E-state index in [0.717, 1.165) is 5.56 Å². The first-order valence-electron chi connectivity index (χ1n) is 7.73. The molecule has 0 bridgehead atoms. The Balaban J connectivity index is 1.60. The smallest absolute Gasteiger partial charge is 0.349 e. The van der Waals surface area contributed by atoms with Crippen LogP contribution in [0.25, 0.3) is 6.08 Å². The van der Waals surface area contributed by atoms with Crippen molar-refractivity contribution in [3.05, 3.63) is 48.0 Å². The highest BCUT2D eigenvalue weighted by Gasteiger charge is 2.16. The van der Waals surface area contributed by atoms with Gasteiger partial charge in [-0.05, 0) is 36.8 Å². The number of hydrogen-bond acceptors (Lipinski definition) is 6. The minimum atomic E-state index is -0.529. The van der Waals surface area contributed by atoms with Crippen LogP contribution in [-0.2, 0) is 4.79 Å². The molecule has 0 saturated heterocycles. The van der Waals surface area contributed by atoms with Crippen LogP contribution in [-0.4, -0.2) is 26.5 Å². The minimum absolute atomic E-state index is 0.166. The lowest BCUT2D eigenvalue weighted by molar-refractivity contribution is -0.136. The third-order valence-corrected chi connectivity index (χ3v) is 3.47. The molecular formula is C19H18O6. The van der Waals surface area contributed by atoms with Gasteiger partial charge in [-0.15, -0.1) is 0 Å². The van der Waals surface area contributed by atoms with Gasteiger partial charge in [0.1, 0.15) is 5.75 Å². The first-order chi connectivity index (χ1) is 12.2. The summed E-state index contributed by atoms with van der Waals surface area (Å²) in [5.41, 5.74) is 0.981. The van der Waals surface area contributed by atoms with Gasteiger partial charge >= 0.3 is 5.97 Å². The molecule has 25 heavy (non-hydrogen) atoms. The number of ether oxygens (including phenoxy) is 5. The summed E-state index contributed by atoms with van der Waals surface area (Å²) in [7, 11) is 1.55. The third kappa shape index (κ3) is 4.03. The van der Waals surface area contributed by atoms with E-state index in [-0.39, 0.29) is 13.4 Å². The molecule has 1 aliphatic heterocycles. The van der Waals surface area contributed by atoms with E-state index < -0.39 is 5.97 Å². The van der Waals surface area contributed by atoms with Crippen molar-refractivity contribution in [2.75, 3.05) is 20.5 Å². The van der Waals surface area contributed by atoms with Crippen molar-refractivity contribution >= 4 is 12.0 Å². The Morgan fingerprint density at radius 1 is 1.12 bits per heavy atom. The molecule has 130 valence electrons. The number of allylic oxidation sites excluding steroid dienone is 1. The van der Waals surface area contributed by atoms with Crippen LogP contribution < -0.4 is 23.7 Å². The molecule has 0 aliphatic carbocycles. The predicted molar refractivity (Wildman–Crippen MR) is 91.4 cm³/mol. The van der Waals surface area contributed by atoms with Gasteiger partial charge in [0.15, 0.2) is 29.6 Å². The van der Waals surface area contributed by atoms with Crippen molar-refractivity contribution in [1.82, 2.24) is 0 Å². The Kier molecular flexibility index (Phi) is 5.09. The van der Waals surface area contributed by atoms with Gasteiger partial charge in [-0.2, -0.15) is 0 Å². The monoisotopic (exact) mass is 342 g/mol. The van der Waals surface area contributed by atoms with Crippen LogP contribution >= 0.6 is 0 Å². The highest BCUT2D eigenvalue weighted by atomic mass is 16.7. The molecule has 1 heterocycles. The summed E-state index contributed by atoms with van der Waals surface area (Å²) in [6.07, 6.45) is 3.87. The van der Waals surface area contributed by atoms with Gasteiger partial charge in [0.2, 0.25) is 6.79 Å². The number of hydrogen-bond donors (Lipinski definition) is 0. The van der Waals surface area contributed by atoms with Crippen molar-refractivity contribution < 1.29 is 28.5 Å². The molecule has 0 fully saturated rings. The molecule has 6 nitrogen and oxygen atoms in total. The van der Waals surface area contributed by atoms with E-state index in [1.807, 2.05) is 31.2 Å². The van der Waals surface area contributed by atoms with Crippen molar-refractivity contribution in [2.24, 2.45) is 0 Å². The fourth-order valence-corrected chi connectivity index (χ4v) is 2.34. The van der Waals surface area contributed by atoms with Crippen molar-refractivity contribution in [2.45, 2.75) is 6.92 Å². The van der Waals surface area contributed by atoms with Crippen molar-refractivity contribution in [3.8, 4) is 28.7 Å². The van der Waals surface area contributed by atoms with E-state index in [1.165, 1.54) is 0 Å². The van der Waals surface area contributed by atoms with Crippen LogP contribution in [0.5, 0.6) is 28.7 Å². The number of esters is 1. The lowest BCUT2D eigenvalue weighted by atomic mass is 10.2. The Morgan fingerprint density at radius 3 is 2.76 bits per heavy atom. The summed E-state index contributed by atoms with van der Waals surface area (Å²) in [6.45, 7) is 1.86. The molecule has 2 aromatic rings. The lowest BCUT2D eigenvalue weighted by Crippen LogP contribution is -2.17. The van der Waals surface area contributed by atoms with Gasteiger partial charge in [-0.25, -0.2) is 4.79 Å². The predicted octanol–water partition coefficient (Wildman–Crippen LogP) is 3.44. The molecule has 0 N–H and O–H groups in total. The minimum Gasteiger partial charge on any atom is -0.493 e. The third-order valence-electron chi connectivity index (χ3n) is 3.47. The molecule has 3 rings (SSSR count). The fourth-order valence-electron chi connectivity index (χ4n) is 2.34. The first-order valence-corrected chi connectivity index (χ1v) is 7.73. The van der Waals surface area contributed by atoms with Crippen LogP contribution in [0.1, 0.15) is 12.5 Å². The maximum absolute atomic E-state index is 12.0. The first kappa shape index (κ1) is 16.7. The maximum atomic E-state index is 12.0. The molecular weight excluding hydrogens is 324 g/mol. The summed E-state index contributed by atoms with van der Waals surface area (Å²) >= 11 is 0. The molecule has 0 unspecified atom stereocenters. The molecule has 0 atom stereocenters. The fraction of sp³-hybridized carbons (Fsp3) is 0.211. The molecule has 6 heteroatoms. The number of carbonyl (C=O) groups excluding carboxylic acids is 1. The Bertz CT molecular complexity index is 796. The molecule has 0 amide bonds. The summed E-state index contributed by atoms with van der Waals surface area (Å²) in [5.74, 6) is 2.03. The zero-order valence-corrected chi connectivity index (χ0v) is 14.0. The van der Waals surface area contributed by atoms with Gasteiger partial charge in [0.05, 0.1) is 7.11 Å². The number of rotatable bonds is 6. The Morgan fingerprint density at radius 2 is 1.96 bits per heavy atom. The standard InChI is InChI=1S/C19H18O6/c1-3-4-13-5-7-15(17(9-13)21-2)22-11-19(20)25-14-6-8-16-18(10-14)24-12-23-16/h3-10H,11-12H2,1-2H3. The molecule has 0 saturated carbocycles. The molecule has 1 aliphatic rings. The van der Waals surface area contributed by atoms with Crippen molar-refractivity contribution in [3.63, 3.8) is 0 Å². The van der Waals surface area contributed by atoms with Crippen LogP contribution in [0, 0.1) is 0 Å². The summed E-state index contributed by atoms with van der Waals surface area (Å²) in [4.78, 5) is 12.0. The van der Waals surface area contributed by atoms with Gasteiger partial charge in [-0.1, -0.05) is 18.2 Å². The zero-order chi connectivity index (χ0) is 17.6. The van der Waals surface area contributed by atoms with Gasteiger partial charge < -0.3 is 23.7 Å². The average Bonchev–Trinajstić information content (AvgIpc) is 3.08. The molecule has 2 aromatic carbocycles. The van der Waals surface area contributed by atoms with E-state index in [0.29, 0.717) is 28.7 Å². The highest BCUT2D eigenvalue weighted by Crippen LogP contribution is 2.35. The Labute approximate surface area is 145 Å². The summed E-state index contributed by atoms with van der Waals surface area (Å²) in [6, 6.07) is 10.4. The van der Waals surface area contributed by atoms with Gasteiger partial charge in [-0.3, -0.25) is 0 Å². The second kappa shape index (κ2) is 7.61. The van der Waals surface area contributed by atoms with Crippen LogP contribution in [0.15, 0.2) is 42.5 Å². The van der Waals surface area contributed by atoms with Gasteiger partial charge in [0.25, 0.3) is 0 Å². The van der Waals surface area contributed by atoms with E-state index >= 15 is 0 Å². The number of fused-ring (bicyclic) bond motifs is 1. The van der Waals surface area contributed by atoms with Crippen LogP contribution in [0.4, 0.5) is 0 Å². The molecule has 0 aromatic heterocycles. The maximum Gasteiger partial charge on any atom is 0.349 e. The zero-order valence-electron chi connectivity index (χ0n) is 14.0. The number of carbonyl (C=O) groups is 1. The van der Waals surface area contributed by atoms with Crippen molar-refractivity contribution in [1.29, 1.82) is 0 Å². The van der Waals surface area contributed by atoms with E-state index in [4.69, 9.17) is 23.7 Å². The molecule has 0 spiro atoms. The second-order valence-electron chi connectivity index (χ2n) is 5.19. The topological polar surface area (TPSA) is 63.2 Å². The highest BCUT2D eigenvalue weighted by molar-refractivity contribution is 5.74. The lowest BCUT2D eigenvalue weighted by Gasteiger charge is -2.11. The normalized spacial score (nSPS) is 12.2. The largest absolute Gasteiger partial charge is 0.493 e. The van der Waals surface area contributed by atoms with Crippen LogP contribution in [0.2, 0.25) is 0 Å². The van der Waals surface area contributed by atoms with E-state index in [1.54, 1.807) is 31.4 Å². The SMILES string of the molecule is CC=Cc1ccc(OCC(=O)Oc2ccc3c(c2)OCO3)c(OC)c1. The molecule has 0 radical (unpaired) electrons. The summed E-state index contributed by atoms with van der Waals surface area (Å²) in [5, 5.41) is 0. The summed E-state index contributed by atoms with van der Waals surface area (Å²) < 4.78 is 26.5. The number of benzene rings is 2.